The fourth-order valence-corrected chi connectivity index (χ4v) is 3.18. The van der Waals surface area contributed by atoms with Gasteiger partial charge >= 0.3 is 0 Å². The van der Waals surface area contributed by atoms with Crippen molar-refractivity contribution in [2.24, 2.45) is 0 Å². The van der Waals surface area contributed by atoms with E-state index in [1.165, 1.54) is 24.3 Å². The number of rotatable bonds is 5. The van der Waals surface area contributed by atoms with Crippen molar-refractivity contribution in [2.45, 2.75) is 11.8 Å². The summed E-state index contributed by atoms with van der Waals surface area (Å²) >= 11 is 5.71. The van der Waals surface area contributed by atoms with Gasteiger partial charge in [-0.25, -0.2) is 17.5 Å². The molecule has 2 aromatic carbocycles. The molecular weight excluding hydrogens is 315 g/mol. The van der Waals surface area contributed by atoms with Crippen molar-refractivity contribution in [3.05, 3.63) is 53.3 Å². The Morgan fingerprint density at radius 2 is 1.90 bits per heavy atom. The van der Waals surface area contributed by atoms with Crippen LogP contribution >= 0.6 is 11.6 Å². The molecular formula is C14H14ClFN2O2S. The summed E-state index contributed by atoms with van der Waals surface area (Å²) in [6.07, 6.45) is 0. The van der Waals surface area contributed by atoms with Crippen LogP contribution in [0.5, 0.6) is 0 Å². The van der Waals surface area contributed by atoms with Gasteiger partial charge in [0.2, 0.25) is 10.0 Å². The zero-order chi connectivity index (χ0) is 15.5. The Hall–Kier alpha value is -1.63. The van der Waals surface area contributed by atoms with Gasteiger partial charge in [-0.2, -0.15) is 0 Å². The van der Waals surface area contributed by atoms with Crippen molar-refractivity contribution in [1.29, 1.82) is 0 Å². The molecule has 0 amide bonds. The third-order valence-corrected chi connectivity index (χ3v) is 4.60. The summed E-state index contributed by atoms with van der Waals surface area (Å²) in [5.74, 6) is -0.532. The minimum absolute atomic E-state index is 0.0352. The SMILES string of the molecule is CCNS(=O)(=O)c1ccccc1Nc1ccc(F)c(Cl)c1. The maximum absolute atomic E-state index is 13.1. The summed E-state index contributed by atoms with van der Waals surface area (Å²) in [5, 5.41) is 2.90. The van der Waals surface area contributed by atoms with Gasteiger partial charge in [0.05, 0.1) is 10.7 Å². The van der Waals surface area contributed by atoms with E-state index >= 15 is 0 Å². The molecule has 0 saturated heterocycles. The minimum Gasteiger partial charge on any atom is -0.354 e. The van der Waals surface area contributed by atoms with Gasteiger partial charge in [0.1, 0.15) is 10.7 Å². The van der Waals surface area contributed by atoms with Gasteiger partial charge in [0.15, 0.2) is 0 Å². The van der Waals surface area contributed by atoms with Crippen LogP contribution in [0, 0.1) is 5.82 Å². The first kappa shape index (κ1) is 15.8. The molecule has 0 heterocycles. The molecule has 0 atom stereocenters. The molecule has 7 heteroatoms. The molecule has 0 aliphatic carbocycles. The Bertz CT molecular complexity index is 750. The van der Waals surface area contributed by atoms with E-state index in [0.717, 1.165) is 0 Å². The molecule has 0 unspecified atom stereocenters. The molecule has 0 aliphatic heterocycles. The Balaban J connectivity index is 2.39. The number of para-hydroxylation sites is 1. The predicted octanol–water partition coefficient (Wildman–Crippen LogP) is 3.52. The summed E-state index contributed by atoms with van der Waals surface area (Å²) in [6.45, 7) is 1.99. The maximum atomic E-state index is 13.1. The second-order valence-electron chi connectivity index (χ2n) is 4.25. The Kier molecular flexibility index (Phi) is 4.82. The lowest BCUT2D eigenvalue weighted by Gasteiger charge is -2.13. The lowest BCUT2D eigenvalue weighted by molar-refractivity contribution is 0.584. The Morgan fingerprint density at radius 3 is 2.57 bits per heavy atom. The van der Waals surface area contributed by atoms with Gasteiger partial charge in [-0.1, -0.05) is 30.7 Å². The van der Waals surface area contributed by atoms with Crippen molar-refractivity contribution in [3.63, 3.8) is 0 Å². The molecule has 0 saturated carbocycles. The van der Waals surface area contributed by atoms with Gasteiger partial charge in [0.25, 0.3) is 0 Å². The van der Waals surface area contributed by atoms with Crippen LogP contribution in [-0.4, -0.2) is 15.0 Å². The van der Waals surface area contributed by atoms with Gasteiger partial charge in [-0.15, -0.1) is 0 Å². The first-order valence-corrected chi connectivity index (χ1v) is 8.11. The first-order chi connectivity index (χ1) is 9.94. The topological polar surface area (TPSA) is 58.2 Å². The number of sulfonamides is 1. The zero-order valence-corrected chi connectivity index (χ0v) is 12.8. The van der Waals surface area contributed by atoms with E-state index in [0.29, 0.717) is 17.9 Å². The molecule has 0 radical (unpaired) electrons. The average Bonchev–Trinajstić information content (AvgIpc) is 2.43. The fourth-order valence-electron chi connectivity index (χ4n) is 1.80. The summed E-state index contributed by atoms with van der Waals surface area (Å²) in [5.41, 5.74) is 0.890. The highest BCUT2D eigenvalue weighted by atomic mass is 35.5. The van der Waals surface area contributed by atoms with Crippen LogP contribution in [0.1, 0.15) is 6.92 Å². The Morgan fingerprint density at radius 1 is 1.19 bits per heavy atom. The molecule has 4 nitrogen and oxygen atoms in total. The second kappa shape index (κ2) is 6.43. The summed E-state index contributed by atoms with van der Waals surface area (Å²) in [6, 6.07) is 10.6. The minimum atomic E-state index is -3.60. The van der Waals surface area contributed by atoms with Gasteiger partial charge in [-0.3, -0.25) is 0 Å². The number of anilines is 2. The van der Waals surface area contributed by atoms with Crippen LogP contribution < -0.4 is 10.0 Å². The molecule has 0 spiro atoms. The number of hydrogen-bond acceptors (Lipinski definition) is 3. The quantitative estimate of drug-likeness (QED) is 0.883. The van der Waals surface area contributed by atoms with Crippen LogP contribution in [0.2, 0.25) is 5.02 Å². The van der Waals surface area contributed by atoms with Crippen molar-refractivity contribution < 1.29 is 12.8 Å². The van der Waals surface area contributed by atoms with Crippen molar-refractivity contribution >= 4 is 33.0 Å². The molecule has 0 aliphatic rings. The fraction of sp³-hybridized carbons (Fsp3) is 0.143. The first-order valence-electron chi connectivity index (χ1n) is 6.25. The molecule has 112 valence electrons. The van der Waals surface area contributed by atoms with Crippen LogP contribution in [-0.2, 0) is 10.0 Å². The second-order valence-corrected chi connectivity index (χ2v) is 6.39. The van der Waals surface area contributed by atoms with Crippen LogP contribution in [0.3, 0.4) is 0 Å². The standard InChI is InChI=1S/C14H14ClFN2O2S/c1-2-17-21(19,20)14-6-4-3-5-13(14)18-10-7-8-12(16)11(15)9-10/h3-9,17-18H,2H2,1H3. The van der Waals surface area contributed by atoms with E-state index in [2.05, 4.69) is 10.0 Å². The molecule has 0 bridgehead atoms. The maximum Gasteiger partial charge on any atom is 0.242 e. The largest absolute Gasteiger partial charge is 0.354 e. The lowest BCUT2D eigenvalue weighted by Crippen LogP contribution is -2.23. The molecule has 2 rings (SSSR count). The van der Waals surface area contributed by atoms with Gasteiger partial charge in [-0.05, 0) is 30.3 Å². The average molecular weight is 329 g/mol. The molecule has 21 heavy (non-hydrogen) atoms. The molecule has 2 N–H and O–H groups in total. The van der Waals surface area contributed by atoms with E-state index in [4.69, 9.17) is 11.6 Å². The molecule has 0 aromatic heterocycles. The van der Waals surface area contributed by atoms with E-state index in [1.54, 1.807) is 25.1 Å². The summed E-state index contributed by atoms with van der Waals surface area (Å²) in [7, 11) is -3.60. The predicted molar refractivity (Wildman–Crippen MR) is 82.0 cm³/mol. The lowest BCUT2D eigenvalue weighted by atomic mass is 10.2. The zero-order valence-electron chi connectivity index (χ0n) is 11.2. The van der Waals surface area contributed by atoms with Crippen LogP contribution in [0.4, 0.5) is 15.8 Å². The van der Waals surface area contributed by atoms with Crippen molar-refractivity contribution in [1.82, 2.24) is 4.72 Å². The number of nitrogens with one attached hydrogen (secondary N) is 2. The number of hydrogen-bond donors (Lipinski definition) is 2. The van der Waals surface area contributed by atoms with Crippen LogP contribution in [0.15, 0.2) is 47.4 Å². The van der Waals surface area contributed by atoms with E-state index in [-0.39, 0.29) is 9.92 Å². The third kappa shape index (κ3) is 3.72. The van der Waals surface area contributed by atoms with Crippen LogP contribution in [0.25, 0.3) is 0 Å². The third-order valence-electron chi connectivity index (χ3n) is 2.71. The van der Waals surface area contributed by atoms with Gasteiger partial charge < -0.3 is 5.32 Å². The van der Waals surface area contributed by atoms with Gasteiger partial charge in [0, 0.05) is 12.2 Å². The Labute approximate surface area is 128 Å². The summed E-state index contributed by atoms with van der Waals surface area (Å²) in [4.78, 5) is 0.118. The number of benzene rings is 2. The highest BCUT2D eigenvalue weighted by molar-refractivity contribution is 7.89. The number of halogens is 2. The van der Waals surface area contributed by atoms with E-state index in [1.807, 2.05) is 0 Å². The van der Waals surface area contributed by atoms with Crippen molar-refractivity contribution in [3.8, 4) is 0 Å². The van der Waals surface area contributed by atoms with E-state index < -0.39 is 15.8 Å². The van der Waals surface area contributed by atoms with E-state index in [9.17, 15) is 12.8 Å². The molecule has 2 aromatic rings. The molecule has 0 fully saturated rings. The normalized spacial score (nSPS) is 11.4. The summed E-state index contributed by atoms with van der Waals surface area (Å²) < 4.78 is 39.8. The monoisotopic (exact) mass is 328 g/mol. The highest BCUT2D eigenvalue weighted by Gasteiger charge is 2.17. The van der Waals surface area contributed by atoms with Crippen molar-refractivity contribution in [2.75, 3.05) is 11.9 Å². The smallest absolute Gasteiger partial charge is 0.242 e. The highest BCUT2D eigenvalue weighted by Crippen LogP contribution is 2.27.